The van der Waals surface area contributed by atoms with Crippen LogP contribution in [0.1, 0.15) is 22.3 Å². The zero-order valence-electron chi connectivity index (χ0n) is 17.1. The molecular weight excluding hydrogens is 352 g/mol. The van der Waals surface area contributed by atoms with Gasteiger partial charge in [-0.3, -0.25) is 0 Å². The SMILES string of the molecule is Cc1ccc(Oc2ccc(CCc3ccc(-c4ccc(C)cc4)cc3)cc2)cc1. The van der Waals surface area contributed by atoms with Crippen LogP contribution in [0, 0.1) is 13.8 Å². The molecule has 1 heteroatoms. The van der Waals surface area contributed by atoms with E-state index in [-0.39, 0.29) is 0 Å². The Morgan fingerprint density at radius 1 is 0.448 bits per heavy atom. The summed E-state index contributed by atoms with van der Waals surface area (Å²) in [6.07, 6.45) is 2.06. The molecule has 0 amide bonds. The molecule has 0 saturated heterocycles. The van der Waals surface area contributed by atoms with Crippen LogP contribution in [0.5, 0.6) is 11.5 Å². The lowest BCUT2D eigenvalue weighted by atomic mass is 10.00. The average Bonchev–Trinajstić information content (AvgIpc) is 2.76. The summed E-state index contributed by atoms with van der Waals surface area (Å²) in [5.41, 5.74) is 7.75. The smallest absolute Gasteiger partial charge is 0.127 e. The van der Waals surface area contributed by atoms with Crippen molar-refractivity contribution in [2.45, 2.75) is 26.7 Å². The minimum Gasteiger partial charge on any atom is -0.457 e. The van der Waals surface area contributed by atoms with Crippen LogP contribution in [0.4, 0.5) is 0 Å². The van der Waals surface area contributed by atoms with Crippen molar-refractivity contribution in [2.24, 2.45) is 0 Å². The number of benzene rings is 4. The highest BCUT2D eigenvalue weighted by molar-refractivity contribution is 5.63. The molecule has 4 aromatic rings. The van der Waals surface area contributed by atoms with Crippen molar-refractivity contribution in [3.05, 3.63) is 119 Å². The minimum absolute atomic E-state index is 0.872. The van der Waals surface area contributed by atoms with Crippen molar-refractivity contribution in [3.63, 3.8) is 0 Å². The first kappa shape index (κ1) is 19.0. The largest absolute Gasteiger partial charge is 0.457 e. The molecule has 4 aromatic carbocycles. The molecule has 0 spiro atoms. The monoisotopic (exact) mass is 378 g/mol. The Morgan fingerprint density at radius 2 is 0.793 bits per heavy atom. The lowest BCUT2D eigenvalue weighted by Gasteiger charge is -2.08. The van der Waals surface area contributed by atoms with E-state index < -0.39 is 0 Å². The van der Waals surface area contributed by atoms with Crippen molar-refractivity contribution in [1.82, 2.24) is 0 Å². The number of hydrogen-bond donors (Lipinski definition) is 0. The normalized spacial score (nSPS) is 10.7. The lowest BCUT2D eigenvalue weighted by molar-refractivity contribution is 0.482. The zero-order chi connectivity index (χ0) is 20.1. The number of rotatable bonds is 6. The van der Waals surface area contributed by atoms with Gasteiger partial charge in [0, 0.05) is 0 Å². The molecule has 0 bridgehead atoms. The Morgan fingerprint density at radius 3 is 1.28 bits per heavy atom. The molecule has 0 heterocycles. The summed E-state index contributed by atoms with van der Waals surface area (Å²) < 4.78 is 5.91. The van der Waals surface area contributed by atoms with E-state index in [9.17, 15) is 0 Å². The van der Waals surface area contributed by atoms with E-state index in [4.69, 9.17) is 4.74 Å². The first-order chi connectivity index (χ1) is 14.2. The van der Waals surface area contributed by atoms with Crippen LogP contribution in [-0.2, 0) is 12.8 Å². The summed E-state index contributed by atoms with van der Waals surface area (Å²) in [7, 11) is 0. The molecule has 0 N–H and O–H groups in total. The third kappa shape index (κ3) is 5.14. The van der Waals surface area contributed by atoms with E-state index in [1.54, 1.807) is 0 Å². The molecule has 0 aliphatic rings. The lowest BCUT2D eigenvalue weighted by Crippen LogP contribution is -1.92. The van der Waals surface area contributed by atoms with Crippen LogP contribution in [0.15, 0.2) is 97.1 Å². The third-order valence-electron chi connectivity index (χ3n) is 5.22. The van der Waals surface area contributed by atoms with Gasteiger partial charge in [0.25, 0.3) is 0 Å². The minimum atomic E-state index is 0.872. The molecular formula is C28H26O. The van der Waals surface area contributed by atoms with Crippen molar-refractivity contribution in [2.75, 3.05) is 0 Å². The maximum atomic E-state index is 5.91. The first-order valence-electron chi connectivity index (χ1n) is 10.2. The van der Waals surface area contributed by atoms with Gasteiger partial charge in [0.05, 0.1) is 0 Å². The van der Waals surface area contributed by atoms with Crippen LogP contribution in [0.3, 0.4) is 0 Å². The molecule has 0 aliphatic carbocycles. The predicted molar refractivity (Wildman–Crippen MR) is 122 cm³/mol. The second-order valence-corrected chi connectivity index (χ2v) is 7.62. The van der Waals surface area contributed by atoms with Crippen molar-refractivity contribution in [3.8, 4) is 22.6 Å². The van der Waals surface area contributed by atoms with E-state index in [2.05, 4.69) is 98.8 Å². The molecule has 144 valence electrons. The maximum absolute atomic E-state index is 5.91. The molecule has 0 radical (unpaired) electrons. The Labute approximate surface area is 173 Å². The standard InChI is InChI=1S/C28H26O/c1-21-3-13-25(14-4-21)26-15-9-23(10-16-26)7-8-24-11-19-28(20-12-24)29-27-17-5-22(2)6-18-27/h3-6,9-20H,7-8H2,1-2H3. The maximum Gasteiger partial charge on any atom is 0.127 e. The Kier molecular flexibility index (Phi) is 5.76. The van der Waals surface area contributed by atoms with Gasteiger partial charge in [-0.05, 0) is 73.2 Å². The van der Waals surface area contributed by atoms with E-state index in [1.165, 1.54) is 33.4 Å². The van der Waals surface area contributed by atoms with Gasteiger partial charge < -0.3 is 4.74 Å². The highest BCUT2D eigenvalue weighted by atomic mass is 16.5. The zero-order valence-corrected chi connectivity index (χ0v) is 17.1. The van der Waals surface area contributed by atoms with Crippen molar-refractivity contribution >= 4 is 0 Å². The van der Waals surface area contributed by atoms with Crippen LogP contribution < -0.4 is 4.74 Å². The number of aryl methyl sites for hydroxylation is 4. The summed E-state index contributed by atoms with van der Waals surface area (Å²) in [5.74, 6) is 1.75. The van der Waals surface area contributed by atoms with E-state index >= 15 is 0 Å². The van der Waals surface area contributed by atoms with Gasteiger partial charge in [-0.15, -0.1) is 0 Å². The Balaban J connectivity index is 1.34. The topological polar surface area (TPSA) is 9.23 Å². The molecule has 0 atom stereocenters. The van der Waals surface area contributed by atoms with Gasteiger partial charge in [0.2, 0.25) is 0 Å². The third-order valence-corrected chi connectivity index (χ3v) is 5.22. The van der Waals surface area contributed by atoms with E-state index in [0.29, 0.717) is 0 Å². The fraction of sp³-hybridized carbons (Fsp3) is 0.143. The molecule has 0 unspecified atom stereocenters. The second kappa shape index (κ2) is 8.79. The quantitative estimate of drug-likeness (QED) is 0.336. The van der Waals surface area contributed by atoms with Gasteiger partial charge in [0.1, 0.15) is 11.5 Å². The highest BCUT2D eigenvalue weighted by Crippen LogP contribution is 2.23. The van der Waals surface area contributed by atoms with E-state index in [1.807, 2.05) is 12.1 Å². The second-order valence-electron chi connectivity index (χ2n) is 7.62. The van der Waals surface area contributed by atoms with Gasteiger partial charge in [-0.25, -0.2) is 0 Å². The van der Waals surface area contributed by atoms with Crippen LogP contribution in [-0.4, -0.2) is 0 Å². The van der Waals surface area contributed by atoms with Gasteiger partial charge in [-0.2, -0.15) is 0 Å². The van der Waals surface area contributed by atoms with Gasteiger partial charge in [-0.1, -0.05) is 83.9 Å². The molecule has 0 fully saturated rings. The summed E-state index contributed by atoms with van der Waals surface area (Å²) in [6.45, 7) is 4.20. The summed E-state index contributed by atoms with van der Waals surface area (Å²) in [6, 6.07) is 34.2. The number of hydrogen-bond acceptors (Lipinski definition) is 1. The summed E-state index contributed by atoms with van der Waals surface area (Å²) in [5, 5.41) is 0. The van der Waals surface area contributed by atoms with Gasteiger partial charge in [0.15, 0.2) is 0 Å². The molecule has 0 aliphatic heterocycles. The summed E-state index contributed by atoms with van der Waals surface area (Å²) in [4.78, 5) is 0. The highest BCUT2D eigenvalue weighted by Gasteiger charge is 2.01. The van der Waals surface area contributed by atoms with Crippen LogP contribution in [0.2, 0.25) is 0 Å². The van der Waals surface area contributed by atoms with Gasteiger partial charge >= 0.3 is 0 Å². The molecule has 29 heavy (non-hydrogen) atoms. The Bertz CT molecular complexity index is 1040. The molecule has 1 nitrogen and oxygen atoms in total. The molecule has 0 aromatic heterocycles. The predicted octanol–water partition coefficient (Wildman–Crippen LogP) is 7.55. The van der Waals surface area contributed by atoms with Crippen molar-refractivity contribution in [1.29, 1.82) is 0 Å². The van der Waals surface area contributed by atoms with Crippen molar-refractivity contribution < 1.29 is 4.74 Å². The average molecular weight is 379 g/mol. The fourth-order valence-electron chi connectivity index (χ4n) is 3.37. The fourth-order valence-corrected chi connectivity index (χ4v) is 3.37. The van der Waals surface area contributed by atoms with E-state index in [0.717, 1.165) is 24.3 Å². The number of ether oxygens (including phenoxy) is 1. The molecule has 0 saturated carbocycles. The van der Waals surface area contributed by atoms with Crippen LogP contribution >= 0.6 is 0 Å². The first-order valence-corrected chi connectivity index (χ1v) is 10.2. The van der Waals surface area contributed by atoms with Crippen LogP contribution in [0.25, 0.3) is 11.1 Å². The molecule has 4 rings (SSSR count). The summed E-state index contributed by atoms with van der Waals surface area (Å²) >= 11 is 0. The Hall–Kier alpha value is -3.32.